The number of nitrogens with zero attached hydrogens (tertiary/aromatic N) is 2. The lowest BCUT2D eigenvalue weighted by molar-refractivity contribution is 0.102. The Bertz CT molecular complexity index is 703. The van der Waals surface area contributed by atoms with Crippen LogP contribution in [0.4, 0.5) is 5.69 Å². The van der Waals surface area contributed by atoms with Gasteiger partial charge in [-0.25, -0.2) is 0 Å². The highest BCUT2D eigenvalue weighted by molar-refractivity contribution is 6.05. The molecule has 1 aliphatic heterocycles. The number of anilines is 1. The van der Waals surface area contributed by atoms with Gasteiger partial charge in [0.05, 0.1) is 17.1 Å². The van der Waals surface area contributed by atoms with Gasteiger partial charge in [0, 0.05) is 19.2 Å². The van der Waals surface area contributed by atoms with E-state index >= 15 is 0 Å². The highest BCUT2D eigenvalue weighted by Gasteiger charge is 2.16. The zero-order valence-corrected chi connectivity index (χ0v) is 12.7. The summed E-state index contributed by atoms with van der Waals surface area (Å²) in [5.74, 6) is -0.0810. The molecule has 0 bridgehead atoms. The summed E-state index contributed by atoms with van der Waals surface area (Å²) >= 11 is 0. The highest BCUT2D eigenvalue weighted by Crippen LogP contribution is 2.21. The third-order valence-corrected chi connectivity index (χ3v) is 4.10. The number of hydrogen-bond donors (Lipinski definition) is 2. The first-order chi connectivity index (χ1) is 10.1. The number of fused-ring (bicyclic) bond motifs is 1. The molecule has 110 valence electrons. The number of aromatic nitrogens is 2. The lowest BCUT2D eigenvalue weighted by atomic mass is 9.98. The highest BCUT2D eigenvalue weighted by atomic mass is 16.1. The normalized spacial score (nSPS) is 13.9. The Morgan fingerprint density at radius 1 is 1.33 bits per heavy atom. The summed E-state index contributed by atoms with van der Waals surface area (Å²) in [5, 5.41) is 10.6. The smallest absolute Gasteiger partial charge is 0.255 e. The van der Waals surface area contributed by atoms with Crippen molar-refractivity contribution in [2.45, 2.75) is 26.8 Å². The molecule has 1 aliphatic rings. The molecule has 0 spiro atoms. The van der Waals surface area contributed by atoms with Crippen molar-refractivity contribution in [2.75, 3.05) is 11.9 Å². The lowest BCUT2D eigenvalue weighted by Crippen LogP contribution is -2.24. The van der Waals surface area contributed by atoms with E-state index in [1.54, 1.807) is 4.68 Å². The molecule has 21 heavy (non-hydrogen) atoms. The van der Waals surface area contributed by atoms with Crippen molar-refractivity contribution in [3.63, 3.8) is 0 Å². The van der Waals surface area contributed by atoms with Crippen molar-refractivity contribution in [1.29, 1.82) is 0 Å². The Morgan fingerprint density at radius 2 is 2.14 bits per heavy atom. The van der Waals surface area contributed by atoms with Crippen molar-refractivity contribution >= 4 is 11.6 Å². The molecule has 5 heteroatoms. The van der Waals surface area contributed by atoms with Crippen molar-refractivity contribution in [2.24, 2.45) is 7.05 Å². The summed E-state index contributed by atoms with van der Waals surface area (Å²) in [6, 6.07) is 5.95. The average molecular weight is 284 g/mol. The SMILES string of the molecule is Cc1nn(C)c(C)c1NC(=O)c1ccc2c(c1)CNCC2. The molecule has 1 aromatic carbocycles. The summed E-state index contributed by atoms with van der Waals surface area (Å²) in [4.78, 5) is 12.4. The van der Waals surface area contributed by atoms with Crippen LogP contribution in [0.15, 0.2) is 18.2 Å². The molecule has 0 saturated heterocycles. The van der Waals surface area contributed by atoms with E-state index < -0.39 is 0 Å². The number of rotatable bonds is 2. The second-order valence-corrected chi connectivity index (χ2v) is 5.53. The first kappa shape index (κ1) is 13.8. The van der Waals surface area contributed by atoms with E-state index in [4.69, 9.17) is 0 Å². The number of amides is 1. The third-order valence-electron chi connectivity index (χ3n) is 4.10. The van der Waals surface area contributed by atoms with E-state index in [9.17, 15) is 4.79 Å². The largest absolute Gasteiger partial charge is 0.319 e. The van der Waals surface area contributed by atoms with Gasteiger partial charge in [-0.3, -0.25) is 9.48 Å². The van der Waals surface area contributed by atoms with E-state index in [-0.39, 0.29) is 5.91 Å². The van der Waals surface area contributed by atoms with E-state index in [0.717, 1.165) is 36.6 Å². The number of carbonyl (C=O) groups is 1. The van der Waals surface area contributed by atoms with Gasteiger partial charge < -0.3 is 10.6 Å². The molecular formula is C16H20N4O. The fourth-order valence-electron chi connectivity index (χ4n) is 2.76. The van der Waals surface area contributed by atoms with Crippen LogP contribution in [0.2, 0.25) is 0 Å². The van der Waals surface area contributed by atoms with E-state index in [1.807, 2.05) is 33.0 Å². The second-order valence-electron chi connectivity index (χ2n) is 5.53. The number of aryl methyl sites for hydroxylation is 2. The molecule has 0 saturated carbocycles. The Labute approximate surface area is 124 Å². The molecule has 0 radical (unpaired) electrons. The van der Waals surface area contributed by atoms with Crippen LogP contribution in [-0.4, -0.2) is 22.2 Å². The zero-order chi connectivity index (χ0) is 15.0. The second kappa shape index (κ2) is 5.33. The van der Waals surface area contributed by atoms with Gasteiger partial charge in [0.25, 0.3) is 5.91 Å². The van der Waals surface area contributed by atoms with Crippen LogP contribution >= 0.6 is 0 Å². The maximum atomic E-state index is 12.4. The molecule has 3 rings (SSSR count). The monoisotopic (exact) mass is 284 g/mol. The Balaban J connectivity index is 1.85. The molecule has 2 N–H and O–H groups in total. The Morgan fingerprint density at radius 3 is 2.86 bits per heavy atom. The van der Waals surface area contributed by atoms with Crippen LogP contribution in [-0.2, 0) is 20.0 Å². The summed E-state index contributed by atoms with van der Waals surface area (Å²) < 4.78 is 1.78. The molecule has 1 aromatic heterocycles. The van der Waals surface area contributed by atoms with Gasteiger partial charge in [-0.1, -0.05) is 6.07 Å². The minimum Gasteiger partial charge on any atom is -0.319 e. The number of benzene rings is 1. The quantitative estimate of drug-likeness (QED) is 0.886. The average Bonchev–Trinajstić information content (AvgIpc) is 2.73. The molecule has 0 aliphatic carbocycles. The summed E-state index contributed by atoms with van der Waals surface area (Å²) in [5.41, 5.74) is 5.84. The topological polar surface area (TPSA) is 59.0 Å². The molecule has 0 fully saturated rings. The standard InChI is InChI=1S/C16H20N4O/c1-10-15(11(2)20(3)19-10)18-16(21)13-5-4-12-6-7-17-9-14(12)8-13/h4-5,8,17H,6-7,9H2,1-3H3,(H,18,21). The maximum absolute atomic E-state index is 12.4. The molecule has 2 heterocycles. The summed E-state index contributed by atoms with van der Waals surface area (Å²) in [6.07, 6.45) is 1.03. The van der Waals surface area contributed by atoms with Crippen molar-refractivity contribution < 1.29 is 4.79 Å². The van der Waals surface area contributed by atoms with E-state index in [1.165, 1.54) is 11.1 Å². The Kier molecular flexibility index (Phi) is 3.51. The predicted octanol–water partition coefficient (Wildman–Crippen LogP) is 1.93. The van der Waals surface area contributed by atoms with Crippen LogP contribution in [0.25, 0.3) is 0 Å². The van der Waals surface area contributed by atoms with Gasteiger partial charge in [0.2, 0.25) is 0 Å². The van der Waals surface area contributed by atoms with Gasteiger partial charge in [0.15, 0.2) is 0 Å². The molecule has 5 nitrogen and oxygen atoms in total. The number of hydrogen-bond acceptors (Lipinski definition) is 3. The predicted molar refractivity (Wildman–Crippen MR) is 82.5 cm³/mol. The van der Waals surface area contributed by atoms with Crippen molar-refractivity contribution in [3.8, 4) is 0 Å². The number of nitrogens with one attached hydrogen (secondary N) is 2. The molecule has 0 unspecified atom stereocenters. The van der Waals surface area contributed by atoms with Gasteiger partial charge in [-0.2, -0.15) is 5.10 Å². The fraction of sp³-hybridized carbons (Fsp3) is 0.375. The van der Waals surface area contributed by atoms with Crippen molar-refractivity contribution in [1.82, 2.24) is 15.1 Å². The van der Waals surface area contributed by atoms with Gasteiger partial charge in [-0.05, 0) is 50.1 Å². The van der Waals surface area contributed by atoms with E-state index in [0.29, 0.717) is 5.56 Å². The van der Waals surface area contributed by atoms with Crippen LogP contribution in [0.5, 0.6) is 0 Å². The van der Waals surface area contributed by atoms with Crippen LogP contribution < -0.4 is 10.6 Å². The molecule has 1 amide bonds. The first-order valence-corrected chi connectivity index (χ1v) is 7.20. The summed E-state index contributed by atoms with van der Waals surface area (Å²) in [7, 11) is 1.88. The molecule has 2 aromatic rings. The van der Waals surface area contributed by atoms with E-state index in [2.05, 4.69) is 21.8 Å². The Hall–Kier alpha value is -2.14. The molecule has 0 atom stereocenters. The van der Waals surface area contributed by atoms with Gasteiger partial charge in [0.1, 0.15) is 0 Å². The third kappa shape index (κ3) is 2.56. The van der Waals surface area contributed by atoms with Crippen molar-refractivity contribution in [3.05, 3.63) is 46.3 Å². The molecular weight excluding hydrogens is 264 g/mol. The minimum absolute atomic E-state index is 0.0810. The number of carbonyl (C=O) groups excluding carboxylic acids is 1. The van der Waals surface area contributed by atoms with Crippen LogP contribution in [0, 0.1) is 13.8 Å². The van der Waals surface area contributed by atoms with Crippen LogP contribution in [0.3, 0.4) is 0 Å². The fourth-order valence-corrected chi connectivity index (χ4v) is 2.76. The van der Waals surface area contributed by atoms with Crippen LogP contribution in [0.1, 0.15) is 32.9 Å². The minimum atomic E-state index is -0.0810. The van der Waals surface area contributed by atoms with Gasteiger partial charge >= 0.3 is 0 Å². The maximum Gasteiger partial charge on any atom is 0.255 e. The zero-order valence-electron chi connectivity index (χ0n) is 12.7. The lowest BCUT2D eigenvalue weighted by Gasteiger charge is -2.17. The summed E-state index contributed by atoms with van der Waals surface area (Å²) in [6.45, 7) is 5.69. The first-order valence-electron chi connectivity index (χ1n) is 7.20. The van der Waals surface area contributed by atoms with Gasteiger partial charge in [-0.15, -0.1) is 0 Å².